The predicted molar refractivity (Wildman–Crippen MR) is 138 cm³/mol. The van der Waals surface area contributed by atoms with Gasteiger partial charge in [-0.15, -0.1) is 0 Å². The summed E-state index contributed by atoms with van der Waals surface area (Å²) in [6, 6.07) is 18.6. The summed E-state index contributed by atoms with van der Waals surface area (Å²) < 4.78 is 5.99. The van der Waals surface area contributed by atoms with Crippen LogP contribution >= 0.6 is 0 Å². The average Bonchev–Trinajstić information content (AvgIpc) is 2.86. The SMILES string of the molecule is CCCCCC1CCC(c2ccc(-c3ccc(C4CNB(CCC)OC4)cc3)cc2)CC1. The third kappa shape index (κ3) is 6.26. The zero-order chi connectivity index (χ0) is 22.2. The maximum Gasteiger partial charge on any atom is 0.379 e. The molecule has 2 aromatic rings. The Morgan fingerprint density at radius 1 is 0.781 bits per heavy atom. The van der Waals surface area contributed by atoms with Crippen molar-refractivity contribution in [1.29, 1.82) is 0 Å². The number of nitrogens with one attached hydrogen (secondary N) is 1. The molecule has 0 radical (unpaired) electrons. The van der Waals surface area contributed by atoms with Crippen LogP contribution in [0.4, 0.5) is 0 Å². The van der Waals surface area contributed by atoms with Gasteiger partial charge in [0, 0.05) is 12.5 Å². The monoisotopic (exact) mass is 431 g/mol. The summed E-state index contributed by atoms with van der Waals surface area (Å²) in [5, 5.41) is 3.55. The van der Waals surface area contributed by atoms with E-state index in [0.29, 0.717) is 5.92 Å². The zero-order valence-electron chi connectivity index (χ0n) is 20.3. The first-order valence-corrected chi connectivity index (χ1v) is 13.3. The Balaban J connectivity index is 1.29. The molecule has 1 N–H and O–H groups in total. The van der Waals surface area contributed by atoms with Crippen molar-refractivity contribution < 1.29 is 4.65 Å². The molecular formula is C29H42BNO. The van der Waals surface area contributed by atoms with E-state index >= 15 is 0 Å². The van der Waals surface area contributed by atoms with Crippen molar-refractivity contribution in [3.8, 4) is 11.1 Å². The summed E-state index contributed by atoms with van der Waals surface area (Å²) in [6.07, 6.45) is 13.5. The molecule has 2 fully saturated rings. The van der Waals surface area contributed by atoms with E-state index < -0.39 is 0 Å². The van der Waals surface area contributed by atoms with E-state index in [1.165, 1.54) is 68.1 Å². The Labute approximate surface area is 196 Å². The minimum Gasteiger partial charge on any atom is -0.421 e. The van der Waals surface area contributed by atoms with Gasteiger partial charge in [0.05, 0.1) is 0 Å². The van der Waals surface area contributed by atoms with Crippen molar-refractivity contribution in [2.75, 3.05) is 13.2 Å². The predicted octanol–water partition coefficient (Wildman–Crippen LogP) is 7.81. The standard InChI is InChI=1S/C29H42BNO/c1-3-5-6-7-23-8-10-24(11-9-23)25-12-14-26(15-13-25)27-16-18-28(19-17-27)29-21-31-30(20-4-2)32-22-29/h12-19,23-24,29,31H,3-11,20-22H2,1-2H3. The van der Waals surface area contributed by atoms with E-state index in [0.717, 1.165) is 37.7 Å². The number of unbranched alkanes of at least 4 members (excludes halogenated alkanes) is 2. The van der Waals surface area contributed by atoms with Gasteiger partial charge >= 0.3 is 7.05 Å². The summed E-state index contributed by atoms with van der Waals surface area (Å²) in [7, 11) is 0.241. The summed E-state index contributed by atoms with van der Waals surface area (Å²) >= 11 is 0. The maximum atomic E-state index is 5.99. The van der Waals surface area contributed by atoms with Crippen molar-refractivity contribution in [1.82, 2.24) is 5.23 Å². The van der Waals surface area contributed by atoms with Gasteiger partial charge in [0.1, 0.15) is 0 Å². The smallest absolute Gasteiger partial charge is 0.379 e. The Hall–Kier alpha value is -1.58. The first-order valence-electron chi connectivity index (χ1n) is 13.3. The lowest BCUT2D eigenvalue weighted by Crippen LogP contribution is -2.46. The molecule has 2 aromatic carbocycles. The van der Waals surface area contributed by atoms with Crippen molar-refractivity contribution >= 4 is 7.05 Å². The molecule has 1 aliphatic carbocycles. The molecule has 3 heteroatoms. The van der Waals surface area contributed by atoms with Gasteiger partial charge in [0.15, 0.2) is 0 Å². The molecule has 2 aliphatic rings. The Bertz CT molecular complexity index is 787. The summed E-state index contributed by atoms with van der Waals surface area (Å²) in [4.78, 5) is 0. The van der Waals surface area contributed by atoms with Crippen LogP contribution in [0.1, 0.15) is 94.6 Å². The molecule has 32 heavy (non-hydrogen) atoms. The highest BCUT2D eigenvalue weighted by Crippen LogP contribution is 2.38. The number of hydrogen-bond acceptors (Lipinski definition) is 2. The number of benzene rings is 2. The molecule has 1 aliphatic heterocycles. The Kier molecular flexibility index (Phi) is 8.88. The lowest BCUT2D eigenvalue weighted by atomic mass is 9.74. The fourth-order valence-electron chi connectivity index (χ4n) is 5.65. The van der Waals surface area contributed by atoms with Gasteiger partial charge in [-0.3, -0.25) is 0 Å². The lowest BCUT2D eigenvalue weighted by Gasteiger charge is -2.29. The van der Waals surface area contributed by atoms with Gasteiger partial charge in [0.2, 0.25) is 0 Å². The van der Waals surface area contributed by atoms with E-state index in [2.05, 4.69) is 67.6 Å². The van der Waals surface area contributed by atoms with Crippen LogP contribution in [0.5, 0.6) is 0 Å². The molecule has 0 aromatic heterocycles. The lowest BCUT2D eigenvalue weighted by molar-refractivity contribution is 0.252. The van der Waals surface area contributed by atoms with Crippen molar-refractivity contribution in [2.45, 2.75) is 89.8 Å². The fraction of sp³-hybridized carbons (Fsp3) is 0.586. The van der Waals surface area contributed by atoms with Crippen molar-refractivity contribution in [3.63, 3.8) is 0 Å². The van der Waals surface area contributed by atoms with Crippen LogP contribution in [-0.2, 0) is 4.65 Å². The summed E-state index contributed by atoms with van der Waals surface area (Å²) in [6.45, 7) is 6.36. The first kappa shape index (κ1) is 23.6. The van der Waals surface area contributed by atoms with Gasteiger partial charge in [-0.1, -0.05) is 94.5 Å². The average molecular weight is 431 g/mol. The number of rotatable bonds is 9. The second-order valence-electron chi connectivity index (χ2n) is 10.2. The van der Waals surface area contributed by atoms with Crippen LogP contribution in [0.25, 0.3) is 11.1 Å². The van der Waals surface area contributed by atoms with E-state index in [1.807, 2.05) is 0 Å². The van der Waals surface area contributed by atoms with Gasteiger partial charge in [-0.25, -0.2) is 0 Å². The molecule has 4 rings (SSSR count). The van der Waals surface area contributed by atoms with Crippen molar-refractivity contribution in [2.24, 2.45) is 5.92 Å². The van der Waals surface area contributed by atoms with Crippen LogP contribution in [-0.4, -0.2) is 20.2 Å². The highest BCUT2D eigenvalue weighted by molar-refractivity contribution is 6.49. The van der Waals surface area contributed by atoms with Gasteiger partial charge in [-0.05, 0) is 72.6 Å². The van der Waals surface area contributed by atoms with Crippen molar-refractivity contribution in [3.05, 3.63) is 59.7 Å². The molecule has 1 saturated heterocycles. The van der Waals surface area contributed by atoms with E-state index in [1.54, 1.807) is 5.56 Å². The van der Waals surface area contributed by atoms with Crippen LogP contribution in [0, 0.1) is 5.92 Å². The molecule has 1 atom stereocenters. The van der Waals surface area contributed by atoms with Crippen LogP contribution in [0.3, 0.4) is 0 Å². The van der Waals surface area contributed by atoms with E-state index in [9.17, 15) is 0 Å². The Morgan fingerprint density at radius 2 is 1.41 bits per heavy atom. The molecule has 172 valence electrons. The summed E-state index contributed by atoms with van der Waals surface area (Å²) in [5.41, 5.74) is 5.57. The topological polar surface area (TPSA) is 21.3 Å². The van der Waals surface area contributed by atoms with E-state index in [4.69, 9.17) is 4.65 Å². The highest BCUT2D eigenvalue weighted by atomic mass is 16.4. The third-order valence-corrected chi connectivity index (χ3v) is 7.80. The van der Waals surface area contributed by atoms with Gasteiger partial charge < -0.3 is 9.88 Å². The largest absolute Gasteiger partial charge is 0.421 e. The molecule has 0 spiro atoms. The summed E-state index contributed by atoms with van der Waals surface area (Å²) in [5.74, 6) is 2.21. The van der Waals surface area contributed by atoms with Gasteiger partial charge in [-0.2, -0.15) is 0 Å². The quantitative estimate of drug-likeness (QED) is 0.323. The van der Waals surface area contributed by atoms with Crippen LogP contribution in [0.2, 0.25) is 6.32 Å². The fourth-order valence-corrected chi connectivity index (χ4v) is 5.65. The second-order valence-corrected chi connectivity index (χ2v) is 10.2. The minimum absolute atomic E-state index is 0.241. The molecule has 0 bridgehead atoms. The molecule has 0 amide bonds. The number of hydrogen-bond donors (Lipinski definition) is 1. The minimum atomic E-state index is 0.241. The van der Waals surface area contributed by atoms with Crippen LogP contribution in [0.15, 0.2) is 48.5 Å². The highest BCUT2D eigenvalue weighted by Gasteiger charge is 2.25. The first-order chi connectivity index (χ1) is 15.8. The van der Waals surface area contributed by atoms with Crippen LogP contribution < -0.4 is 5.23 Å². The zero-order valence-corrected chi connectivity index (χ0v) is 20.3. The molecule has 1 unspecified atom stereocenters. The maximum absolute atomic E-state index is 5.99. The van der Waals surface area contributed by atoms with E-state index in [-0.39, 0.29) is 7.05 Å². The molecule has 2 nitrogen and oxygen atoms in total. The van der Waals surface area contributed by atoms with Gasteiger partial charge in [0.25, 0.3) is 0 Å². The molecule has 1 heterocycles. The second kappa shape index (κ2) is 12.0. The third-order valence-electron chi connectivity index (χ3n) is 7.80. The molecule has 1 saturated carbocycles. The molecular weight excluding hydrogens is 389 g/mol. The Morgan fingerprint density at radius 3 is 1.94 bits per heavy atom. The normalized spacial score (nSPS) is 23.9.